The van der Waals surface area contributed by atoms with Gasteiger partial charge in [-0.1, -0.05) is 12.1 Å². The van der Waals surface area contributed by atoms with Crippen LogP contribution in [0.5, 0.6) is 5.75 Å². The van der Waals surface area contributed by atoms with E-state index >= 15 is 9.59 Å². The third kappa shape index (κ3) is 12.4. The second-order valence-corrected chi connectivity index (χ2v) is 26.7. The smallest absolute Gasteiger partial charge is 0.358 e. The molecule has 0 saturated carbocycles. The van der Waals surface area contributed by atoms with Crippen LogP contribution < -0.4 is 27.0 Å². The van der Waals surface area contributed by atoms with Crippen LogP contribution in [0.1, 0.15) is 125 Å². The van der Waals surface area contributed by atoms with Crippen LogP contribution in [0, 0.1) is 0 Å². The number of methoxy groups -OCH3 is 1. The highest BCUT2D eigenvalue weighted by Crippen LogP contribution is 2.43. The van der Waals surface area contributed by atoms with Gasteiger partial charge in [-0.05, 0) is 59.5 Å². The van der Waals surface area contributed by atoms with Gasteiger partial charge in [0.1, 0.15) is 120 Å². The molecule has 10 N–H and O–H groups in total. The zero-order chi connectivity index (χ0) is 66.1. The highest BCUT2D eigenvalue weighted by molar-refractivity contribution is 7.14. The number of aromatic hydroxyl groups is 1. The molecule has 4 aliphatic rings. The summed E-state index contributed by atoms with van der Waals surface area (Å²) in [6.07, 6.45) is -7.46. The maximum absolute atomic E-state index is 15.1. The Morgan fingerprint density at radius 3 is 2.22 bits per heavy atom. The first-order valence-electron chi connectivity index (χ1n) is 28.4. The van der Waals surface area contributed by atoms with E-state index in [9.17, 15) is 44.5 Å². The van der Waals surface area contributed by atoms with Crippen molar-refractivity contribution in [3.63, 3.8) is 0 Å². The molecule has 0 aliphatic carbocycles. The zero-order valence-corrected chi connectivity index (χ0v) is 54.1. The van der Waals surface area contributed by atoms with Crippen molar-refractivity contribution >= 4 is 115 Å². The van der Waals surface area contributed by atoms with Crippen LogP contribution in [-0.2, 0) is 51.2 Å². The van der Waals surface area contributed by atoms with E-state index in [0.717, 1.165) is 56.7 Å². The summed E-state index contributed by atoms with van der Waals surface area (Å²) in [4.78, 5) is 130. The van der Waals surface area contributed by atoms with Gasteiger partial charge in [-0.3, -0.25) is 24.0 Å². The minimum atomic E-state index is -1.90. The molecule has 0 spiro atoms. The van der Waals surface area contributed by atoms with E-state index in [1.54, 1.807) is 50.4 Å². The number of ether oxygens (including phenoxy) is 6. The number of primary amides is 1. The van der Waals surface area contributed by atoms with Crippen molar-refractivity contribution < 1.29 is 82.5 Å². The Morgan fingerprint density at radius 2 is 1.51 bits per heavy atom. The quantitative estimate of drug-likeness (QED) is 0.0611. The highest BCUT2D eigenvalue weighted by atomic mass is 32.1. The predicted molar refractivity (Wildman–Crippen MR) is 333 cm³/mol. The van der Waals surface area contributed by atoms with Gasteiger partial charge in [0, 0.05) is 49.8 Å². The van der Waals surface area contributed by atoms with E-state index in [1.807, 2.05) is 0 Å². The molecule has 1 aromatic carbocycles. The summed E-state index contributed by atoms with van der Waals surface area (Å²) in [5.74, 6) is -7.07. The van der Waals surface area contributed by atoms with E-state index < -0.39 is 133 Å². The van der Waals surface area contributed by atoms with Crippen molar-refractivity contribution in [1.82, 2.24) is 60.8 Å². The molecule has 5 amide bonds. The molecular weight excluding hydrogens is 1310 g/mol. The molecule has 12 rings (SSSR count). The Kier molecular flexibility index (Phi) is 17.7. The largest absolute Gasteiger partial charge is 0.506 e. The van der Waals surface area contributed by atoms with E-state index in [1.165, 1.54) is 54.6 Å². The van der Waals surface area contributed by atoms with Gasteiger partial charge in [-0.2, -0.15) is 4.73 Å². The fourth-order valence-electron chi connectivity index (χ4n) is 11.5. The second kappa shape index (κ2) is 25.6. The van der Waals surface area contributed by atoms with E-state index in [-0.39, 0.29) is 105 Å². The van der Waals surface area contributed by atoms with Gasteiger partial charge in [0.15, 0.2) is 18.1 Å². The Hall–Kier alpha value is -8.75. The molecule has 8 aromatic rings. The predicted octanol–water partition coefficient (Wildman–Crippen LogP) is 4.26. The molecule has 11 heterocycles. The number of aliphatic hydroxyl groups is 2. The summed E-state index contributed by atoms with van der Waals surface area (Å²) in [5.41, 5.74) is 3.15. The maximum Gasteiger partial charge on any atom is 0.358 e. The average Bonchev–Trinajstić information content (AvgIpc) is 1.63. The van der Waals surface area contributed by atoms with E-state index in [2.05, 4.69) is 36.2 Å². The third-order valence-electron chi connectivity index (χ3n) is 15.8. The Balaban J connectivity index is 1.05. The van der Waals surface area contributed by atoms with Gasteiger partial charge in [0.2, 0.25) is 5.91 Å². The fourth-order valence-corrected chi connectivity index (χ4v) is 15.7. The third-order valence-corrected chi connectivity index (χ3v) is 20.2. The summed E-state index contributed by atoms with van der Waals surface area (Å²) < 4.78 is 38.2. The minimum absolute atomic E-state index is 0.00497. The lowest BCUT2D eigenvalue weighted by Gasteiger charge is -2.48. The number of fused-ring (bicyclic) bond motifs is 15. The van der Waals surface area contributed by atoms with Crippen LogP contribution in [0.3, 0.4) is 0 Å². The molecule has 93 heavy (non-hydrogen) atoms. The number of carbonyl (C=O) groups excluding carboxylic acids is 7. The lowest BCUT2D eigenvalue weighted by Crippen LogP contribution is -2.62. The fraction of sp³-hybridized carbons (Fsp3) is 0.362. The number of amides is 5. The SMILES string of the molecule is COC(C)=C1NC(=O)C(C(C)O)NC(=O)c2csc(n2)-c2cc(O)c(-c3nc(C(N)=O)cs3)nc2-c2csc(n2)C2COC(=O)c3c4c5c(cccc5n3O)COC(=O)C(OC3CC(C)(O)C(N(C)C)C(C)O3)C(OC4)C(NC(=O)c3csc1n3)c1nc(cs1)C(=O)N2. The minimum Gasteiger partial charge on any atom is -0.506 e. The number of allylic oxidation sites excluding steroid dienone is 1. The van der Waals surface area contributed by atoms with Crippen molar-refractivity contribution in [2.45, 2.75) is 108 Å². The van der Waals surface area contributed by atoms with Crippen LogP contribution in [0.4, 0.5) is 0 Å². The molecule has 0 radical (unpaired) electrons. The number of hydrogen-bond donors (Lipinski definition) is 9. The number of benzene rings is 1. The van der Waals surface area contributed by atoms with Crippen molar-refractivity contribution in [2.75, 3.05) is 27.8 Å². The number of aromatic nitrogens is 7. The number of rotatable bonds is 7. The summed E-state index contributed by atoms with van der Waals surface area (Å²) >= 11 is 4.62. The number of nitrogens with zero attached hydrogens (tertiary/aromatic N) is 8. The highest BCUT2D eigenvalue weighted by Gasteiger charge is 2.50. The normalized spacial score (nSPS) is 24.8. The average molecular weight is 1370 g/mol. The van der Waals surface area contributed by atoms with Crippen LogP contribution in [0.2, 0.25) is 0 Å². The van der Waals surface area contributed by atoms with Gasteiger partial charge >= 0.3 is 11.9 Å². The van der Waals surface area contributed by atoms with Crippen LogP contribution in [0.25, 0.3) is 49.3 Å². The first-order chi connectivity index (χ1) is 44.4. The van der Waals surface area contributed by atoms with Crippen molar-refractivity contribution in [3.8, 4) is 38.4 Å². The molecule has 7 aromatic heterocycles. The van der Waals surface area contributed by atoms with Gasteiger partial charge in [-0.15, -0.1) is 56.7 Å². The number of likely N-dealkylation sites (N-methyl/N-ethyl adjacent to an activating group) is 1. The number of nitrogens with two attached hydrogens (primary N) is 1. The Bertz CT molecular complexity index is 4360. The van der Waals surface area contributed by atoms with Gasteiger partial charge in [-0.25, -0.2) is 39.5 Å². The second-order valence-electron chi connectivity index (χ2n) is 22.4. The summed E-state index contributed by atoms with van der Waals surface area (Å²) in [6, 6.07) is 0.794. The number of hydrogen-bond acceptors (Lipinski definition) is 29. The van der Waals surface area contributed by atoms with E-state index in [0.29, 0.717) is 10.3 Å². The number of cyclic esters (lactones) is 2. The van der Waals surface area contributed by atoms with Gasteiger partial charge in [0.25, 0.3) is 23.6 Å². The van der Waals surface area contributed by atoms with E-state index in [4.69, 9.17) is 49.1 Å². The number of pyridine rings is 1. The van der Waals surface area contributed by atoms with Crippen LogP contribution in [0.15, 0.2) is 56.9 Å². The Morgan fingerprint density at radius 1 is 0.839 bits per heavy atom. The molecule has 10 unspecified atom stereocenters. The molecule has 12 bridgehead atoms. The molecular formula is C58H57N13O17S5. The molecule has 10 atom stereocenters. The number of thiazole rings is 5. The molecule has 1 fully saturated rings. The van der Waals surface area contributed by atoms with Crippen molar-refractivity contribution in [2.24, 2.45) is 5.73 Å². The van der Waals surface area contributed by atoms with Crippen LogP contribution >= 0.6 is 56.7 Å². The first-order valence-corrected chi connectivity index (χ1v) is 32.8. The molecule has 30 nitrogen and oxygen atoms in total. The summed E-state index contributed by atoms with van der Waals surface area (Å²) in [5, 5.41) is 65.2. The van der Waals surface area contributed by atoms with Gasteiger partial charge < -0.3 is 80.8 Å². The molecule has 4 aliphatic heterocycles. The summed E-state index contributed by atoms with van der Waals surface area (Å²) in [6.45, 7) is 4.33. The molecule has 486 valence electrons. The first kappa shape index (κ1) is 64.4. The molecule has 35 heteroatoms. The number of nitrogens with one attached hydrogen (secondary N) is 4. The standard InChI is InChI=1S/C58H57N13O17S5/c1-21(72)37-50(78)68-38(22(2)83-7)53-64-32(20-92-53)49(77)69-41-43-44(88-35-12-58(4,81)45(70(5)6)23(3)87-35)57(80)85-13-24-9-8-10-33-36(24)26(14-84-43)42(71(33)82)56(79)86-15-27(60-47(75)30-19-93-55(41)65-30)52-61-28(16-90-52)39-25(51-63-31(18-89-51)48(76)67-37)11-34(73)40(66-39)54-62-29(17-91-54)46(59)74/h8-11,16-21,23,27,35,37,41,43-45,72-73,81-82H,12-15H2,1-7H3,(H2,59,74)(H,60,75)(H,67,76)(H,68,78)(H,69,77). The Labute approximate surface area is 546 Å². The van der Waals surface area contributed by atoms with Crippen molar-refractivity contribution in [1.29, 1.82) is 0 Å². The van der Waals surface area contributed by atoms with Gasteiger partial charge in [0.05, 0.1) is 43.1 Å². The topological polar surface area (TPSA) is 415 Å². The van der Waals surface area contributed by atoms with Crippen molar-refractivity contribution in [3.05, 3.63) is 112 Å². The zero-order valence-electron chi connectivity index (χ0n) is 50.0. The lowest BCUT2D eigenvalue weighted by atomic mass is 9.85. The number of aliphatic hydroxyl groups excluding tert-OH is 1. The lowest BCUT2D eigenvalue weighted by molar-refractivity contribution is -0.280. The van der Waals surface area contributed by atoms with Crippen LogP contribution in [-0.4, -0.2) is 178 Å². The number of carbonyl (C=O) groups is 7. The maximum atomic E-state index is 15.1. The summed E-state index contributed by atoms with van der Waals surface area (Å²) in [7, 11) is 4.86. The molecule has 1 saturated heterocycles. The monoisotopic (exact) mass is 1370 g/mol. The number of esters is 2.